The fourth-order valence-corrected chi connectivity index (χ4v) is 2.94. The predicted octanol–water partition coefficient (Wildman–Crippen LogP) is 2.99. The second kappa shape index (κ2) is 7.43. The molecule has 3 rings (SSSR count). The molecule has 1 amide bonds. The molecule has 1 aromatic carbocycles. The third-order valence-electron chi connectivity index (χ3n) is 4.58. The van der Waals surface area contributed by atoms with E-state index in [0.29, 0.717) is 11.6 Å². The zero-order valence-corrected chi connectivity index (χ0v) is 14.4. The molecule has 1 aromatic heterocycles. The SMILES string of the molecule is CC1CCN(C(=O)c2cnc(N(C)Cc3ccccc3)cn2)CC1. The topological polar surface area (TPSA) is 49.3 Å². The standard InChI is InChI=1S/C19H24N4O/c1-15-8-10-23(11-9-15)19(24)17-12-21-18(13-20-17)22(2)14-16-6-4-3-5-7-16/h3-7,12-13,15H,8-11,14H2,1-2H3. The van der Waals surface area contributed by atoms with Crippen LogP contribution in [0.25, 0.3) is 0 Å². The van der Waals surface area contributed by atoms with E-state index in [1.54, 1.807) is 12.4 Å². The van der Waals surface area contributed by atoms with Crippen LogP contribution >= 0.6 is 0 Å². The summed E-state index contributed by atoms with van der Waals surface area (Å²) < 4.78 is 0. The molecule has 0 N–H and O–H groups in total. The van der Waals surface area contributed by atoms with Gasteiger partial charge in [0.15, 0.2) is 0 Å². The van der Waals surface area contributed by atoms with Crippen molar-refractivity contribution in [3.05, 3.63) is 54.0 Å². The van der Waals surface area contributed by atoms with Crippen molar-refractivity contribution in [1.82, 2.24) is 14.9 Å². The molecule has 0 radical (unpaired) electrons. The number of likely N-dealkylation sites (tertiary alicyclic amines) is 1. The first-order valence-corrected chi connectivity index (χ1v) is 8.50. The molecule has 5 nitrogen and oxygen atoms in total. The number of benzene rings is 1. The molecule has 1 aliphatic heterocycles. The molecule has 1 aliphatic rings. The quantitative estimate of drug-likeness (QED) is 0.867. The molecule has 5 heteroatoms. The summed E-state index contributed by atoms with van der Waals surface area (Å²) in [7, 11) is 1.98. The van der Waals surface area contributed by atoms with Gasteiger partial charge in [-0.1, -0.05) is 37.3 Å². The molecule has 126 valence electrons. The van der Waals surface area contributed by atoms with Crippen molar-refractivity contribution >= 4 is 11.7 Å². The Morgan fingerprint density at radius 1 is 1.17 bits per heavy atom. The molecular weight excluding hydrogens is 300 g/mol. The van der Waals surface area contributed by atoms with Gasteiger partial charge in [0.2, 0.25) is 0 Å². The lowest BCUT2D eigenvalue weighted by Gasteiger charge is -2.30. The first-order chi connectivity index (χ1) is 11.6. The molecular formula is C19H24N4O. The van der Waals surface area contributed by atoms with Crippen molar-refractivity contribution in [3.63, 3.8) is 0 Å². The van der Waals surface area contributed by atoms with E-state index >= 15 is 0 Å². The molecule has 0 atom stereocenters. The Morgan fingerprint density at radius 3 is 2.50 bits per heavy atom. The normalized spacial score (nSPS) is 15.3. The largest absolute Gasteiger partial charge is 0.354 e. The van der Waals surface area contributed by atoms with Crippen LogP contribution in [0.4, 0.5) is 5.82 Å². The second-order valence-electron chi connectivity index (χ2n) is 6.58. The molecule has 0 saturated carbocycles. The number of carbonyl (C=O) groups excluding carboxylic acids is 1. The maximum atomic E-state index is 12.5. The molecule has 2 heterocycles. The van der Waals surface area contributed by atoms with E-state index in [1.165, 1.54) is 5.56 Å². The molecule has 0 spiro atoms. The van der Waals surface area contributed by atoms with Gasteiger partial charge >= 0.3 is 0 Å². The molecule has 1 saturated heterocycles. The van der Waals surface area contributed by atoms with Gasteiger partial charge in [0.1, 0.15) is 11.5 Å². The number of carbonyl (C=O) groups is 1. The fraction of sp³-hybridized carbons (Fsp3) is 0.421. The Hall–Kier alpha value is -2.43. The lowest BCUT2D eigenvalue weighted by atomic mass is 9.99. The molecule has 2 aromatic rings. The summed E-state index contributed by atoms with van der Waals surface area (Å²) in [6.07, 6.45) is 5.41. The zero-order chi connectivity index (χ0) is 16.9. The zero-order valence-electron chi connectivity index (χ0n) is 14.4. The number of anilines is 1. The van der Waals surface area contributed by atoms with Crippen LogP contribution in [0.1, 0.15) is 35.8 Å². The Labute approximate surface area is 143 Å². The molecule has 1 fully saturated rings. The van der Waals surface area contributed by atoms with E-state index in [1.807, 2.05) is 35.0 Å². The van der Waals surface area contributed by atoms with E-state index in [-0.39, 0.29) is 5.91 Å². The number of rotatable bonds is 4. The average Bonchev–Trinajstić information content (AvgIpc) is 2.63. The van der Waals surface area contributed by atoms with Crippen LogP contribution in [0.15, 0.2) is 42.7 Å². The van der Waals surface area contributed by atoms with E-state index in [2.05, 4.69) is 29.0 Å². The minimum absolute atomic E-state index is 0.00772. The first-order valence-electron chi connectivity index (χ1n) is 8.50. The van der Waals surface area contributed by atoms with Crippen molar-refractivity contribution < 1.29 is 4.79 Å². The Morgan fingerprint density at radius 2 is 1.88 bits per heavy atom. The summed E-state index contributed by atoms with van der Waals surface area (Å²) in [5.74, 6) is 1.46. The molecule has 0 bridgehead atoms. The van der Waals surface area contributed by atoms with Crippen LogP contribution in [0.3, 0.4) is 0 Å². The summed E-state index contributed by atoms with van der Waals surface area (Å²) >= 11 is 0. The first kappa shape index (κ1) is 16.4. The van der Waals surface area contributed by atoms with E-state index in [0.717, 1.165) is 38.3 Å². The van der Waals surface area contributed by atoms with Gasteiger partial charge in [0.25, 0.3) is 5.91 Å². The number of hydrogen-bond donors (Lipinski definition) is 0. The van der Waals surface area contributed by atoms with Gasteiger partial charge in [-0.25, -0.2) is 9.97 Å². The highest BCUT2D eigenvalue weighted by Gasteiger charge is 2.22. The summed E-state index contributed by atoms with van der Waals surface area (Å²) in [5.41, 5.74) is 1.64. The number of amides is 1. The average molecular weight is 324 g/mol. The highest BCUT2D eigenvalue weighted by Crippen LogP contribution is 2.18. The van der Waals surface area contributed by atoms with Crippen LogP contribution in [0, 0.1) is 5.92 Å². The third-order valence-corrected chi connectivity index (χ3v) is 4.58. The number of aromatic nitrogens is 2. The predicted molar refractivity (Wildman–Crippen MR) is 94.9 cm³/mol. The molecule has 0 aliphatic carbocycles. The van der Waals surface area contributed by atoms with Gasteiger partial charge in [0, 0.05) is 26.7 Å². The van der Waals surface area contributed by atoms with E-state index < -0.39 is 0 Å². The van der Waals surface area contributed by atoms with Crippen LogP contribution in [-0.4, -0.2) is 40.9 Å². The summed E-state index contributed by atoms with van der Waals surface area (Å²) in [6, 6.07) is 10.2. The van der Waals surface area contributed by atoms with Crippen LogP contribution < -0.4 is 4.90 Å². The highest BCUT2D eigenvalue weighted by atomic mass is 16.2. The van der Waals surface area contributed by atoms with Gasteiger partial charge in [-0.15, -0.1) is 0 Å². The smallest absolute Gasteiger partial charge is 0.274 e. The van der Waals surface area contributed by atoms with E-state index in [9.17, 15) is 4.79 Å². The third kappa shape index (κ3) is 3.91. The lowest BCUT2D eigenvalue weighted by molar-refractivity contribution is 0.0691. The lowest BCUT2D eigenvalue weighted by Crippen LogP contribution is -2.38. The Balaban J connectivity index is 1.63. The molecule has 24 heavy (non-hydrogen) atoms. The van der Waals surface area contributed by atoms with Gasteiger partial charge in [0.05, 0.1) is 12.4 Å². The van der Waals surface area contributed by atoms with Gasteiger partial charge in [-0.3, -0.25) is 4.79 Å². The summed E-state index contributed by atoms with van der Waals surface area (Å²) in [4.78, 5) is 25.2. The minimum Gasteiger partial charge on any atom is -0.354 e. The minimum atomic E-state index is -0.00772. The highest BCUT2D eigenvalue weighted by molar-refractivity contribution is 5.92. The fourth-order valence-electron chi connectivity index (χ4n) is 2.94. The second-order valence-corrected chi connectivity index (χ2v) is 6.58. The van der Waals surface area contributed by atoms with Gasteiger partial charge in [-0.2, -0.15) is 0 Å². The van der Waals surface area contributed by atoms with Crippen LogP contribution in [0.2, 0.25) is 0 Å². The van der Waals surface area contributed by atoms with Crippen molar-refractivity contribution in [3.8, 4) is 0 Å². The van der Waals surface area contributed by atoms with Crippen molar-refractivity contribution in [2.45, 2.75) is 26.3 Å². The Kier molecular flexibility index (Phi) is 5.08. The van der Waals surface area contributed by atoms with Crippen molar-refractivity contribution in [2.75, 3.05) is 25.0 Å². The summed E-state index contributed by atoms with van der Waals surface area (Å²) in [5, 5.41) is 0. The van der Waals surface area contributed by atoms with Crippen molar-refractivity contribution in [2.24, 2.45) is 5.92 Å². The molecule has 0 unspecified atom stereocenters. The number of piperidine rings is 1. The summed E-state index contributed by atoms with van der Waals surface area (Å²) in [6.45, 7) is 4.63. The van der Waals surface area contributed by atoms with Gasteiger partial charge < -0.3 is 9.80 Å². The number of nitrogens with zero attached hydrogens (tertiary/aromatic N) is 4. The number of hydrogen-bond acceptors (Lipinski definition) is 4. The van der Waals surface area contributed by atoms with Crippen LogP contribution in [-0.2, 0) is 6.54 Å². The van der Waals surface area contributed by atoms with Crippen molar-refractivity contribution in [1.29, 1.82) is 0 Å². The Bertz CT molecular complexity index is 664. The van der Waals surface area contributed by atoms with E-state index in [4.69, 9.17) is 0 Å². The monoisotopic (exact) mass is 324 g/mol. The maximum absolute atomic E-state index is 12.5. The maximum Gasteiger partial charge on any atom is 0.274 e. The van der Waals surface area contributed by atoms with Crippen LogP contribution in [0.5, 0.6) is 0 Å². The van der Waals surface area contributed by atoms with Gasteiger partial charge in [-0.05, 0) is 24.3 Å².